The van der Waals surface area contributed by atoms with Crippen molar-refractivity contribution >= 4 is 23.8 Å². The molecule has 1 heterocycles. The van der Waals surface area contributed by atoms with E-state index in [-0.39, 0.29) is 18.4 Å². The fraction of sp³-hybridized carbons (Fsp3) is 0.421. The first-order chi connectivity index (χ1) is 13.4. The van der Waals surface area contributed by atoms with Gasteiger partial charge in [-0.1, -0.05) is 6.92 Å². The summed E-state index contributed by atoms with van der Waals surface area (Å²) in [5, 5.41) is 4.00. The van der Waals surface area contributed by atoms with Gasteiger partial charge in [0.15, 0.2) is 0 Å². The lowest BCUT2D eigenvalue weighted by Crippen LogP contribution is -2.50. The van der Waals surface area contributed by atoms with Crippen LogP contribution < -0.4 is 21.9 Å². The third kappa shape index (κ3) is 7.77. The number of amides is 2. The number of piperazine rings is 1. The Morgan fingerprint density at radius 3 is 2.25 bits per heavy atom. The molecule has 0 radical (unpaired) electrons. The molecule has 0 bridgehead atoms. The van der Waals surface area contributed by atoms with Crippen molar-refractivity contribution in [3.8, 4) is 0 Å². The van der Waals surface area contributed by atoms with Crippen LogP contribution in [0.2, 0.25) is 0 Å². The second-order valence-corrected chi connectivity index (χ2v) is 6.24. The predicted molar refractivity (Wildman–Crippen MR) is 109 cm³/mol. The third-order valence-corrected chi connectivity index (χ3v) is 4.10. The first kappa shape index (κ1) is 23.1. The van der Waals surface area contributed by atoms with Crippen LogP contribution in [0.4, 0.5) is 5.69 Å². The minimum atomic E-state index is -0.290. The zero-order valence-electron chi connectivity index (χ0n) is 16.5. The largest absolute Gasteiger partial charge is 0.403 e. The Morgan fingerprint density at radius 1 is 1.18 bits per heavy atom. The lowest BCUT2D eigenvalue weighted by molar-refractivity contribution is -0.131. The highest BCUT2D eigenvalue weighted by atomic mass is 16.2. The van der Waals surface area contributed by atoms with Gasteiger partial charge in [0.25, 0.3) is 5.91 Å². The minimum absolute atomic E-state index is 0.00320. The van der Waals surface area contributed by atoms with Gasteiger partial charge in [0, 0.05) is 50.6 Å². The van der Waals surface area contributed by atoms with Crippen LogP contribution in [0.1, 0.15) is 23.7 Å². The summed E-state index contributed by atoms with van der Waals surface area (Å²) in [6.07, 6.45) is 4.34. The van der Waals surface area contributed by atoms with Gasteiger partial charge in [-0.25, -0.2) is 5.84 Å². The first-order valence-electron chi connectivity index (χ1n) is 9.13. The highest BCUT2D eigenvalue weighted by Crippen LogP contribution is 2.12. The Balaban J connectivity index is 0.000000892. The number of hydrogen-bond donors (Lipinski definition) is 3. The monoisotopic (exact) mass is 390 g/mol. The highest BCUT2D eigenvalue weighted by Gasteiger charge is 2.19. The van der Waals surface area contributed by atoms with Gasteiger partial charge < -0.3 is 25.6 Å². The van der Waals surface area contributed by atoms with Crippen LogP contribution in [-0.4, -0.2) is 67.7 Å². The number of nitrogens with zero attached hydrogens (tertiary/aromatic N) is 3. The van der Waals surface area contributed by atoms with Gasteiger partial charge in [-0.2, -0.15) is 0 Å². The molecule has 0 aliphatic carbocycles. The molecule has 2 rings (SSSR count). The third-order valence-electron chi connectivity index (χ3n) is 4.10. The number of anilines is 1. The van der Waals surface area contributed by atoms with Crippen molar-refractivity contribution in [2.24, 2.45) is 11.6 Å². The molecular formula is C19H30N6O3. The summed E-state index contributed by atoms with van der Waals surface area (Å²) in [6, 6.07) is 6.71. The summed E-state index contributed by atoms with van der Waals surface area (Å²) in [6.45, 7) is 4.92. The van der Waals surface area contributed by atoms with E-state index in [1.165, 1.54) is 17.4 Å². The Kier molecular flexibility index (Phi) is 10.3. The Morgan fingerprint density at radius 2 is 1.75 bits per heavy atom. The fourth-order valence-electron chi connectivity index (χ4n) is 2.39. The molecule has 1 aromatic carbocycles. The standard InChI is InChI=1S/C16H24N6O2.C3H6O/c1-20-8-10-21(11-9-20)15(23)12-19-16(24)13-2-4-14(5-3-13)22(18)7-6-17;1-2-3-4/h2-7H,8-12,17-18H2,1H3,(H,19,24);3H,2H2,1H3/b7-6-;. The maximum absolute atomic E-state index is 12.1. The van der Waals surface area contributed by atoms with E-state index < -0.39 is 0 Å². The van der Waals surface area contributed by atoms with E-state index in [9.17, 15) is 14.4 Å². The van der Waals surface area contributed by atoms with Crippen LogP contribution >= 0.6 is 0 Å². The molecule has 0 aromatic heterocycles. The molecule has 1 fully saturated rings. The van der Waals surface area contributed by atoms with Crippen LogP contribution in [0.3, 0.4) is 0 Å². The number of nitrogens with one attached hydrogen (secondary N) is 1. The van der Waals surface area contributed by atoms with E-state index in [0.717, 1.165) is 19.4 Å². The average molecular weight is 390 g/mol. The number of hydrogen-bond acceptors (Lipinski definition) is 7. The Labute approximate surface area is 165 Å². The lowest BCUT2D eigenvalue weighted by Gasteiger charge is -2.32. The molecule has 0 unspecified atom stereocenters. The van der Waals surface area contributed by atoms with E-state index >= 15 is 0 Å². The van der Waals surface area contributed by atoms with E-state index in [4.69, 9.17) is 11.6 Å². The molecule has 2 amide bonds. The maximum Gasteiger partial charge on any atom is 0.251 e. The zero-order valence-corrected chi connectivity index (χ0v) is 16.5. The molecule has 0 saturated carbocycles. The van der Waals surface area contributed by atoms with Crippen molar-refractivity contribution in [1.29, 1.82) is 0 Å². The van der Waals surface area contributed by atoms with Gasteiger partial charge in [-0.15, -0.1) is 0 Å². The number of carbonyl (C=O) groups is 3. The minimum Gasteiger partial charge on any atom is -0.403 e. The molecule has 0 spiro atoms. The van der Waals surface area contributed by atoms with Crippen molar-refractivity contribution in [3.05, 3.63) is 42.2 Å². The van der Waals surface area contributed by atoms with Gasteiger partial charge in [0.1, 0.15) is 6.29 Å². The van der Waals surface area contributed by atoms with Crippen LogP contribution in [0.15, 0.2) is 36.7 Å². The van der Waals surface area contributed by atoms with E-state index in [1.54, 1.807) is 29.2 Å². The van der Waals surface area contributed by atoms with Crippen LogP contribution in [0.25, 0.3) is 0 Å². The summed E-state index contributed by atoms with van der Waals surface area (Å²) in [7, 11) is 2.03. The zero-order chi connectivity index (χ0) is 20.9. The normalized spacial score (nSPS) is 14.2. The lowest BCUT2D eigenvalue weighted by atomic mass is 10.2. The summed E-state index contributed by atoms with van der Waals surface area (Å²) >= 11 is 0. The molecule has 1 aromatic rings. The van der Waals surface area contributed by atoms with E-state index in [1.807, 2.05) is 14.0 Å². The second kappa shape index (κ2) is 12.5. The quantitative estimate of drug-likeness (QED) is 0.352. The van der Waals surface area contributed by atoms with Gasteiger partial charge in [-0.3, -0.25) is 14.6 Å². The van der Waals surface area contributed by atoms with Gasteiger partial charge in [-0.05, 0) is 31.3 Å². The maximum atomic E-state index is 12.1. The molecule has 1 aliphatic heterocycles. The second-order valence-electron chi connectivity index (χ2n) is 6.24. The van der Waals surface area contributed by atoms with E-state index in [0.29, 0.717) is 30.8 Å². The molecule has 154 valence electrons. The Bertz CT molecular complexity index is 654. The SMILES string of the molecule is CCC=O.CN1CCN(C(=O)CNC(=O)c2ccc(N(N)/C=C\N)cc2)CC1. The summed E-state index contributed by atoms with van der Waals surface area (Å²) < 4.78 is 0. The summed E-state index contributed by atoms with van der Waals surface area (Å²) in [5.74, 6) is 5.38. The summed E-state index contributed by atoms with van der Waals surface area (Å²) in [4.78, 5) is 37.3. The van der Waals surface area contributed by atoms with Crippen LogP contribution in [0, 0.1) is 0 Å². The highest BCUT2D eigenvalue weighted by molar-refractivity contribution is 5.96. The number of hydrazine groups is 1. The number of benzene rings is 1. The van der Waals surface area contributed by atoms with Gasteiger partial charge >= 0.3 is 0 Å². The van der Waals surface area contributed by atoms with E-state index in [2.05, 4.69) is 10.2 Å². The molecule has 28 heavy (non-hydrogen) atoms. The first-order valence-corrected chi connectivity index (χ1v) is 9.13. The van der Waals surface area contributed by atoms with Crippen molar-refractivity contribution < 1.29 is 14.4 Å². The van der Waals surface area contributed by atoms with Gasteiger partial charge in [0.05, 0.1) is 12.2 Å². The van der Waals surface area contributed by atoms with Crippen molar-refractivity contribution in [1.82, 2.24) is 15.1 Å². The topological polar surface area (TPSA) is 125 Å². The van der Waals surface area contributed by atoms with Gasteiger partial charge in [0.2, 0.25) is 5.91 Å². The molecular weight excluding hydrogens is 360 g/mol. The molecule has 9 nitrogen and oxygen atoms in total. The molecule has 5 N–H and O–H groups in total. The molecule has 9 heteroatoms. The van der Waals surface area contributed by atoms with Crippen LogP contribution in [-0.2, 0) is 9.59 Å². The predicted octanol–water partition coefficient (Wildman–Crippen LogP) is -0.104. The number of nitrogens with two attached hydrogens (primary N) is 2. The average Bonchev–Trinajstić information content (AvgIpc) is 2.72. The number of likely N-dealkylation sites (N-methyl/N-ethyl adjacent to an activating group) is 1. The molecule has 0 atom stereocenters. The van der Waals surface area contributed by atoms with Crippen LogP contribution in [0.5, 0.6) is 0 Å². The molecule has 1 saturated heterocycles. The summed E-state index contributed by atoms with van der Waals surface area (Å²) in [5.41, 5.74) is 6.44. The smallest absolute Gasteiger partial charge is 0.251 e. The molecule has 1 aliphatic rings. The van der Waals surface area contributed by atoms with Crippen molar-refractivity contribution in [2.45, 2.75) is 13.3 Å². The Hall–Kier alpha value is -2.91. The number of rotatable bonds is 6. The fourth-order valence-corrected chi connectivity index (χ4v) is 2.39. The number of aldehydes is 1. The van der Waals surface area contributed by atoms with Crippen molar-refractivity contribution in [3.63, 3.8) is 0 Å². The number of carbonyl (C=O) groups excluding carboxylic acids is 3. The van der Waals surface area contributed by atoms with Crippen molar-refractivity contribution in [2.75, 3.05) is 44.8 Å².